The van der Waals surface area contributed by atoms with Gasteiger partial charge in [-0.15, -0.1) is 0 Å². The highest BCUT2D eigenvalue weighted by Crippen LogP contribution is 2.18. The Kier molecular flexibility index (Phi) is 6.44. The van der Waals surface area contributed by atoms with Crippen molar-refractivity contribution in [3.05, 3.63) is 35.9 Å². The van der Waals surface area contributed by atoms with E-state index in [0.29, 0.717) is 0 Å². The molecule has 0 aliphatic rings. The summed E-state index contributed by atoms with van der Waals surface area (Å²) in [6.07, 6.45) is 1.83. The Morgan fingerprint density at radius 1 is 1.28 bits per heavy atom. The van der Waals surface area contributed by atoms with E-state index < -0.39 is 0 Å². The van der Waals surface area contributed by atoms with Gasteiger partial charge in [-0.3, -0.25) is 4.79 Å². The molecule has 100 valence electrons. The molecule has 0 aromatic heterocycles. The first kappa shape index (κ1) is 14.7. The molecule has 0 aliphatic heterocycles. The van der Waals surface area contributed by atoms with Crippen LogP contribution in [0.4, 0.5) is 0 Å². The summed E-state index contributed by atoms with van der Waals surface area (Å²) in [7, 11) is 4.08. The third-order valence-corrected chi connectivity index (χ3v) is 3.01. The smallest absolute Gasteiger partial charge is 0.227 e. The Bertz CT molecular complexity index is 349. The van der Waals surface area contributed by atoms with Crippen LogP contribution in [0.25, 0.3) is 0 Å². The number of hydrogen-bond acceptors (Lipinski definition) is 2. The van der Waals surface area contributed by atoms with Crippen molar-refractivity contribution in [2.24, 2.45) is 0 Å². The summed E-state index contributed by atoms with van der Waals surface area (Å²) in [5, 5.41) is 3.02. The summed E-state index contributed by atoms with van der Waals surface area (Å²) < 4.78 is 0. The molecule has 0 radical (unpaired) electrons. The topological polar surface area (TPSA) is 32.3 Å². The number of nitrogens with zero attached hydrogens (tertiary/aromatic N) is 1. The van der Waals surface area contributed by atoms with E-state index in [1.54, 1.807) is 0 Å². The van der Waals surface area contributed by atoms with Crippen molar-refractivity contribution in [2.45, 2.75) is 25.7 Å². The summed E-state index contributed by atoms with van der Waals surface area (Å²) in [6.45, 7) is 3.81. The maximum Gasteiger partial charge on any atom is 0.227 e. The number of amides is 1. The SMILES string of the molecule is CCC(C(=O)NCCCN(C)C)c1ccccc1. The predicted molar refractivity (Wildman–Crippen MR) is 75.7 cm³/mol. The lowest BCUT2D eigenvalue weighted by molar-refractivity contribution is -0.122. The summed E-state index contributed by atoms with van der Waals surface area (Å²) in [5.41, 5.74) is 1.10. The Morgan fingerprint density at radius 3 is 2.50 bits per heavy atom. The zero-order valence-electron chi connectivity index (χ0n) is 11.6. The lowest BCUT2D eigenvalue weighted by Gasteiger charge is -2.16. The van der Waals surface area contributed by atoms with Gasteiger partial charge in [0.1, 0.15) is 0 Å². The first-order valence-corrected chi connectivity index (χ1v) is 6.62. The number of carbonyl (C=O) groups excluding carboxylic acids is 1. The van der Waals surface area contributed by atoms with Crippen molar-refractivity contribution in [3.63, 3.8) is 0 Å². The minimum absolute atomic E-state index is 0.0226. The Labute approximate surface area is 110 Å². The van der Waals surface area contributed by atoms with Gasteiger partial charge in [0.15, 0.2) is 0 Å². The van der Waals surface area contributed by atoms with Crippen LogP contribution in [0.2, 0.25) is 0 Å². The van der Waals surface area contributed by atoms with Gasteiger partial charge >= 0.3 is 0 Å². The van der Waals surface area contributed by atoms with Crippen LogP contribution in [0.15, 0.2) is 30.3 Å². The number of rotatable bonds is 7. The van der Waals surface area contributed by atoms with Gasteiger partial charge in [-0.25, -0.2) is 0 Å². The molecule has 0 saturated heterocycles. The predicted octanol–water partition coefficient (Wildman–Crippen LogP) is 2.25. The van der Waals surface area contributed by atoms with Crippen molar-refractivity contribution in [2.75, 3.05) is 27.2 Å². The Morgan fingerprint density at radius 2 is 1.94 bits per heavy atom. The lowest BCUT2D eigenvalue weighted by Crippen LogP contribution is -2.31. The van der Waals surface area contributed by atoms with Crippen LogP contribution in [0.5, 0.6) is 0 Å². The van der Waals surface area contributed by atoms with Crippen LogP contribution in [-0.2, 0) is 4.79 Å². The molecule has 1 N–H and O–H groups in total. The fourth-order valence-corrected chi connectivity index (χ4v) is 1.99. The zero-order chi connectivity index (χ0) is 13.4. The van der Waals surface area contributed by atoms with Gasteiger partial charge in [-0.1, -0.05) is 37.3 Å². The minimum Gasteiger partial charge on any atom is -0.356 e. The van der Waals surface area contributed by atoms with Gasteiger partial charge in [0.2, 0.25) is 5.91 Å². The van der Waals surface area contributed by atoms with Crippen LogP contribution in [0, 0.1) is 0 Å². The first-order chi connectivity index (χ1) is 8.65. The third-order valence-electron chi connectivity index (χ3n) is 3.01. The molecule has 0 saturated carbocycles. The standard InChI is InChI=1S/C15H24N2O/c1-4-14(13-9-6-5-7-10-13)15(18)16-11-8-12-17(2)3/h5-7,9-10,14H,4,8,11-12H2,1-3H3,(H,16,18). The molecule has 0 heterocycles. The maximum atomic E-state index is 12.1. The summed E-state index contributed by atoms with van der Waals surface area (Å²) >= 11 is 0. The average Bonchev–Trinajstić information content (AvgIpc) is 2.36. The quantitative estimate of drug-likeness (QED) is 0.751. The fourth-order valence-electron chi connectivity index (χ4n) is 1.99. The first-order valence-electron chi connectivity index (χ1n) is 6.62. The van der Waals surface area contributed by atoms with E-state index >= 15 is 0 Å². The molecule has 1 atom stereocenters. The molecule has 3 nitrogen and oxygen atoms in total. The molecule has 0 spiro atoms. The van der Waals surface area contributed by atoms with Crippen LogP contribution in [0.3, 0.4) is 0 Å². The normalized spacial score (nSPS) is 12.4. The van der Waals surface area contributed by atoms with E-state index in [2.05, 4.69) is 17.1 Å². The highest BCUT2D eigenvalue weighted by Gasteiger charge is 2.17. The average molecular weight is 248 g/mol. The van der Waals surface area contributed by atoms with E-state index in [1.807, 2.05) is 44.4 Å². The number of hydrogen-bond donors (Lipinski definition) is 1. The van der Waals surface area contributed by atoms with Gasteiger partial charge in [0.25, 0.3) is 0 Å². The summed E-state index contributed by atoms with van der Waals surface area (Å²) in [4.78, 5) is 14.2. The fraction of sp³-hybridized carbons (Fsp3) is 0.533. The molecule has 18 heavy (non-hydrogen) atoms. The van der Waals surface area contributed by atoms with Crippen molar-refractivity contribution >= 4 is 5.91 Å². The van der Waals surface area contributed by atoms with Crippen LogP contribution >= 0.6 is 0 Å². The van der Waals surface area contributed by atoms with Gasteiger partial charge in [-0.05, 0) is 39.0 Å². The molecule has 0 bridgehead atoms. The molecule has 1 unspecified atom stereocenters. The van der Waals surface area contributed by atoms with Gasteiger partial charge in [-0.2, -0.15) is 0 Å². The van der Waals surface area contributed by atoms with Crippen molar-refractivity contribution in [1.82, 2.24) is 10.2 Å². The van der Waals surface area contributed by atoms with Crippen LogP contribution in [0.1, 0.15) is 31.2 Å². The molecule has 0 fully saturated rings. The molecule has 0 aliphatic carbocycles. The molecule has 1 aromatic rings. The second-order valence-corrected chi connectivity index (χ2v) is 4.82. The third kappa shape index (κ3) is 4.88. The number of benzene rings is 1. The van der Waals surface area contributed by atoms with Crippen LogP contribution in [-0.4, -0.2) is 38.0 Å². The van der Waals surface area contributed by atoms with E-state index in [4.69, 9.17) is 0 Å². The van der Waals surface area contributed by atoms with Gasteiger partial charge in [0.05, 0.1) is 5.92 Å². The number of carbonyl (C=O) groups is 1. The van der Waals surface area contributed by atoms with E-state index in [-0.39, 0.29) is 11.8 Å². The molecule has 1 amide bonds. The van der Waals surface area contributed by atoms with Crippen LogP contribution < -0.4 is 5.32 Å². The molecule has 1 rings (SSSR count). The van der Waals surface area contributed by atoms with Gasteiger partial charge < -0.3 is 10.2 Å². The molecule has 1 aromatic carbocycles. The molecular formula is C15H24N2O. The van der Waals surface area contributed by atoms with E-state index in [0.717, 1.165) is 31.5 Å². The second-order valence-electron chi connectivity index (χ2n) is 4.82. The van der Waals surface area contributed by atoms with Crippen molar-refractivity contribution in [3.8, 4) is 0 Å². The van der Waals surface area contributed by atoms with Crippen molar-refractivity contribution < 1.29 is 4.79 Å². The largest absolute Gasteiger partial charge is 0.356 e. The Hall–Kier alpha value is -1.35. The van der Waals surface area contributed by atoms with Crippen molar-refractivity contribution in [1.29, 1.82) is 0 Å². The molecular weight excluding hydrogens is 224 g/mol. The summed E-state index contributed by atoms with van der Waals surface area (Å²) in [5.74, 6) is 0.119. The minimum atomic E-state index is -0.0226. The van der Waals surface area contributed by atoms with Gasteiger partial charge in [0, 0.05) is 6.54 Å². The van der Waals surface area contributed by atoms with E-state index in [1.165, 1.54) is 0 Å². The molecule has 3 heteroatoms. The Balaban J connectivity index is 2.43. The maximum absolute atomic E-state index is 12.1. The monoisotopic (exact) mass is 248 g/mol. The highest BCUT2D eigenvalue weighted by molar-refractivity contribution is 5.83. The second kappa shape index (κ2) is 7.88. The zero-order valence-corrected chi connectivity index (χ0v) is 11.6. The lowest BCUT2D eigenvalue weighted by atomic mass is 9.96. The van der Waals surface area contributed by atoms with E-state index in [9.17, 15) is 4.79 Å². The highest BCUT2D eigenvalue weighted by atomic mass is 16.1. The number of nitrogens with one attached hydrogen (secondary N) is 1. The summed E-state index contributed by atoms with van der Waals surface area (Å²) in [6, 6.07) is 9.99.